The Morgan fingerprint density at radius 2 is 2.05 bits per heavy atom. The molecule has 1 fully saturated rings. The Balaban J connectivity index is 1.98. The lowest BCUT2D eigenvalue weighted by molar-refractivity contribution is 0.145. The summed E-state index contributed by atoms with van der Waals surface area (Å²) in [6.07, 6.45) is 6.60. The van der Waals surface area contributed by atoms with E-state index in [-0.39, 0.29) is 5.88 Å². The zero-order valence-corrected chi connectivity index (χ0v) is 11.4. The van der Waals surface area contributed by atoms with Crippen LogP contribution in [0.25, 0.3) is 0 Å². The molecule has 1 saturated carbocycles. The molecule has 0 radical (unpaired) electrons. The summed E-state index contributed by atoms with van der Waals surface area (Å²) in [5.41, 5.74) is 6.19. The summed E-state index contributed by atoms with van der Waals surface area (Å²) in [6, 6.07) is 0. The minimum atomic E-state index is -0.426. The first kappa shape index (κ1) is 14.2. The van der Waals surface area contributed by atoms with E-state index in [0.29, 0.717) is 37.1 Å². The second kappa shape index (κ2) is 6.80. The van der Waals surface area contributed by atoms with Crippen LogP contribution in [-0.4, -0.2) is 23.1 Å². The van der Waals surface area contributed by atoms with E-state index in [4.69, 9.17) is 10.5 Å². The Morgan fingerprint density at radius 1 is 1.32 bits per heavy atom. The first-order valence-electron chi connectivity index (χ1n) is 7.08. The van der Waals surface area contributed by atoms with E-state index in [1.165, 1.54) is 19.2 Å². The van der Waals surface area contributed by atoms with Gasteiger partial charge in [-0.2, -0.15) is 9.37 Å². The molecule has 19 heavy (non-hydrogen) atoms. The number of halogens is 1. The Morgan fingerprint density at radius 3 is 2.74 bits per heavy atom. The largest absolute Gasteiger partial charge is 0.475 e. The van der Waals surface area contributed by atoms with Gasteiger partial charge in [0, 0.05) is 0 Å². The van der Waals surface area contributed by atoms with Gasteiger partial charge < -0.3 is 10.5 Å². The fraction of sp³-hybridized carbons (Fsp3) is 0.714. The van der Waals surface area contributed by atoms with Crippen molar-refractivity contribution >= 4 is 0 Å². The molecular weight excluding hydrogens is 245 g/mol. The maximum Gasteiger partial charge on any atom is 0.253 e. The van der Waals surface area contributed by atoms with Crippen LogP contribution in [0.5, 0.6) is 5.88 Å². The van der Waals surface area contributed by atoms with E-state index in [0.717, 1.165) is 12.8 Å². The molecule has 1 aromatic heterocycles. The van der Waals surface area contributed by atoms with Gasteiger partial charge in [-0.15, -0.1) is 0 Å². The van der Waals surface area contributed by atoms with Gasteiger partial charge in [0.1, 0.15) is 6.33 Å². The highest BCUT2D eigenvalue weighted by Gasteiger charge is 2.25. The predicted molar refractivity (Wildman–Crippen MR) is 71.4 cm³/mol. The van der Waals surface area contributed by atoms with Gasteiger partial charge in [-0.05, 0) is 37.6 Å². The van der Waals surface area contributed by atoms with Crippen molar-refractivity contribution in [2.45, 2.75) is 39.0 Å². The minimum absolute atomic E-state index is 0.0770. The Kier molecular flexibility index (Phi) is 5.07. The fourth-order valence-corrected chi connectivity index (χ4v) is 2.74. The van der Waals surface area contributed by atoms with E-state index >= 15 is 0 Å². The highest BCUT2D eigenvalue weighted by Crippen LogP contribution is 2.30. The fourth-order valence-electron chi connectivity index (χ4n) is 2.74. The van der Waals surface area contributed by atoms with Crippen LogP contribution >= 0.6 is 0 Å². The van der Waals surface area contributed by atoms with Crippen LogP contribution in [0, 0.1) is 17.7 Å². The van der Waals surface area contributed by atoms with Crippen molar-refractivity contribution < 1.29 is 9.13 Å². The molecule has 1 aliphatic carbocycles. The minimum Gasteiger partial charge on any atom is -0.475 e. The molecule has 0 aliphatic heterocycles. The quantitative estimate of drug-likeness (QED) is 0.889. The van der Waals surface area contributed by atoms with Crippen LogP contribution in [0.3, 0.4) is 0 Å². The Hall–Kier alpha value is -1.23. The maximum absolute atomic E-state index is 13.9. The molecule has 0 amide bonds. The van der Waals surface area contributed by atoms with Crippen molar-refractivity contribution in [2.75, 3.05) is 13.2 Å². The zero-order chi connectivity index (χ0) is 13.7. The molecule has 2 rings (SSSR count). The van der Waals surface area contributed by atoms with Crippen molar-refractivity contribution in [3.8, 4) is 5.88 Å². The van der Waals surface area contributed by atoms with E-state index in [2.05, 4.69) is 9.97 Å². The number of aryl methyl sites for hydroxylation is 1. The maximum atomic E-state index is 13.9. The highest BCUT2D eigenvalue weighted by atomic mass is 19.1. The van der Waals surface area contributed by atoms with Crippen LogP contribution in [-0.2, 0) is 6.42 Å². The molecule has 5 heteroatoms. The standard InChI is InChI=1S/C14H22FN3O/c1-2-12-13(15)14(18-9-17-12)19-8-11-6-4-3-5-10(11)7-16/h9-11H,2-8,16H2,1H3. The van der Waals surface area contributed by atoms with Gasteiger partial charge in [-0.3, -0.25) is 0 Å². The van der Waals surface area contributed by atoms with Crippen LogP contribution in [0.4, 0.5) is 4.39 Å². The molecule has 1 aliphatic rings. The molecule has 2 N–H and O–H groups in total. The van der Waals surface area contributed by atoms with Gasteiger partial charge in [-0.1, -0.05) is 19.8 Å². The Labute approximate surface area is 113 Å². The average Bonchev–Trinajstić information content (AvgIpc) is 2.46. The summed E-state index contributed by atoms with van der Waals surface area (Å²) in [7, 11) is 0. The van der Waals surface area contributed by atoms with Crippen molar-refractivity contribution in [2.24, 2.45) is 17.6 Å². The van der Waals surface area contributed by atoms with Gasteiger partial charge >= 0.3 is 0 Å². The van der Waals surface area contributed by atoms with E-state index < -0.39 is 5.82 Å². The molecule has 2 atom stereocenters. The smallest absolute Gasteiger partial charge is 0.253 e. The number of nitrogens with zero attached hydrogens (tertiary/aromatic N) is 2. The van der Waals surface area contributed by atoms with Gasteiger partial charge in [0.2, 0.25) is 5.82 Å². The summed E-state index contributed by atoms with van der Waals surface area (Å²) < 4.78 is 19.5. The third kappa shape index (κ3) is 3.41. The molecule has 1 aromatic rings. The predicted octanol–water partition coefficient (Wildman–Crippen LogP) is 2.32. The monoisotopic (exact) mass is 267 g/mol. The van der Waals surface area contributed by atoms with Crippen molar-refractivity contribution in [3.05, 3.63) is 17.8 Å². The van der Waals surface area contributed by atoms with Crippen LogP contribution in [0.2, 0.25) is 0 Å². The normalized spacial score (nSPS) is 23.3. The van der Waals surface area contributed by atoms with Crippen LogP contribution in [0.15, 0.2) is 6.33 Å². The summed E-state index contributed by atoms with van der Waals surface area (Å²) >= 11 is 0. The molecule has 4 nitrogen and oxygen atoms in total. The summed E-state index contributed by atoms with van der Waals surface area (Å²) in [6.45, 7) is 3.04. The molecule has 0 aromatic carbocycles. The highest BCUT2D eigenvalue weighted by molar-refractivity contribution is 5.17. The third-order valence-corrected chi connectivity index (χ3v) is 3.97. The number of ether oxygens (including phenoxy) is 1. The summed E-state index contributed by atoms with van der Waals surface area (Å²) in [4.78, 5) is 7.78. The van der Waals surface area contributed by atoms with Crippen molar-refractivity contribution in [1.29, 1.82) is 0 Å². The topological polar surface area (TPSA) is 61.0 Å². The van der Waals surface area contributed by atoms with Crippen LogP contribution < -0.4 is 10.5 Å². The molecule has 0 bridgehead atoms. The summed E-state index contributed by atoms with van der Waals surface area (Å²) in [5, 5.41) is 0. The van der Waals surface area contributed by atoms with Gasteiger partial charge in [0.25, 0.3) is 5.88 Å². The van der Waals surface area contributed by atoms with Gasteiger partial charge in [0.15, 0.2) is 0 Å². The lowest BCUT2D eigenvalue weighted by Gasteiger charge is -2.30. The van der Waals surface area contributed by atoms with E-state index in [9.17, 15) is 4.39 Å². The average molecular weight is 267 g/mol. The molecule has 0 saturated heterocycles. The summed E-state index contributed by atoms with van der Waals surface area (Å²) in [5.74, 6) is 0.556. The van der Waals surface area contributed by atoms with Crippen molar-refractivity contribution in [1.82, 2.24) is 9.97 Å². The lowest BCUT2D eigenvalue weighted by atomic mass is 9.80. The van der Waals surface area contributed by atoms with Crippen molar-refractivity contribution in [3.63, 3.8) is 0 Å². The first-order chi connectivity index (χ1) is 9.26. The van der Waals surface area contributed by atoms with Crippen LogP contribution in [0.1, 0.15) is 38.3 Å². The SMILES string of the molecule is CCc1ncnc(OCC2CCCCC2CN)c1F. The number of hydrogen-bond donors (Lipinski definition) is 1. The van der Waals surface area contributed by atoms with E-state index in [1.807, 2.05) is 6.92 Å². The third-order valence-electron chi connectivity index (χ3n) is 3.97. The second-order valence-electron chi connectivity index (χ2n) is 5.14. The Bertz CT molecular complexity index is 414. The molecule has 1 heterocycles. The molecule has 2 unspecified atom stereocenters. The number of hydrogen-bond acceptors (Lipinski definition) is 4. The molecule has 106 valence electrons. The molecule has 0 spiro atoms. The second-order valence-corrected chi connectivity index (χ2v) is 5.14. The van der Waals surface area contributed by atoms with Gasteiger partial charge in [0.05, 0.1) is 12.3 Å². The lowest BCUT2D eigenvalue weighted by Crippen LogP contribution is -2.31. The number of nitrogens with two attached hydrogens (primary N) is 1. The van der Waals surface area contributed by atoms with E-state index in [1.54, 1.807) is 0 Å². The molecular formula is C14H22FN3O. The zero-order valence-electron chi connectivity index (χ0n) is 11.4. The number of aromatic nitrogens is 2. The van der Waals surface area contributed by atoms with Gasteiger partial charge in [-0.25, -0.2) is 4.98 Å². The first-order valence-corrected chi connectivity index (χ1v) is 7.08. The number of rotatable bonds is 5.